The van der Waals surface area contributed by atoms with Crippen molar-refractivity contribution < 1.29 is 14.3 Å². The van der Waals surface area contributed by atoms with Gasteiger partial charge in [0.15, 0.2) is 0 Å². The average molecular weight is 236 g/mol. The predicted molar refractivity (Wildman–Crippen MR) is 63.3 cm³/mol. The molecule has 0 saturated heterocycles. The third kappa shape index (κ3) is 4.24. The van der Waals surface area contributed by atoms with Gasteiger partial charge in [-0.2, -0.15) is 0 Å². The van der Waals surface area contributed by atoms with Crippen molar-refractivity contribution in [2.75, 3.05) is 13.7 Å². The number of nitrogens with one attached hydrogen (secondary N) is 1. The van der Waals surface area contributed by atoms with Gasteiger partial charge in [-0.25, -0.2) is 0 Å². The number of amides is 1. The summed E-state index contributed by atoms with van der Waals surface area (Å²) < 4.78 is 4.47. The van der Waals surface area contributed by atoms with Crippen molar-refractivity contribution in [3.8, 4) is 0 Å². The second-order valence-corrected chi connectivity index (χ2v) is 3.49. The molecule has 3 N–H and O–H groups in total. The van der Waals surface area contributed by atoms with Crippen LogP contribution in [0.3, 0.4) is 0 Å². The summed E-state index contributed by atoms with van der Waals surface area (Å²) in [5, 5.41) is 2.63. The molecule has 0 spiro atoms. The highest BCUT2D eigenvalue weighted by Gasteiger charge is 2.06. The highest BCUT2D eigenvalue weighted by atomic mass is 16.5. The van der Waals surface area contributed by atoms with Crippen molar-refractivity contribution in [2.24, 2.45) is 5.73 Å². The fraction of sp³-hybridized carbons (Fsp3) is 0.333. The molecule has 0 aliphatic carbocycles. The maximum atomic E-state index is 11.7. The van der Waals surface area contributed by atoms with Gasteiger partial charge in [0.25, 0.3) is 5.91 Å². The van der Waals surface area contributed by atoms with Crippen LogP contribution in [0, 0.1) is 0 Å². The zero-order valence-electron chi connectivity index (χ0n) is 9.73. The molecule has 0 aliphatic heterocycles. The average Bonchev–Trinajstić information content (AvgIpc) is 2.38. The Kier molecular flexibility index (Phi) is 5.16. The number of benzene rings is 1. The lowest BCUT2D eigenvalue weighted by molar-refractivity contribution is -0.140. The van der Waals surface area contributed by atoms with Crippen LogP contribution < -0.4 is 11.1 Å². The molecule has 0 atom stereocenters. The van der Waals surface area contributed by atoms with Crippen molar-refractivity contribution in [3.05, 3.63) is 35.4 Å². The molecule has 0 unspecified atom stereocenters. The summed E-state index contributed by atoms with van der Waals surface area (Å²) in [6.45, 7) is 0.654. The highest BCUT2D eigenvalue weighted by molar-refractivity contribution is 5.94. The van der Waals surface area contributed by atoms with Crippen LogP contribution >= 0.6 is 0 Å². The molecule has 0 saturated carbocycles. The molecule has 5 nitrogen and oxygen atoms in total. The van der Waals surface area contributed by atoms with Gasteiger partial charge in [-0.05, 0) is 17.7 Å². The molecule has 0 bridgehead atoms. The Labute approximate surface area is 99.9 Å². The van der Waals surface area contributed by atoms with Gasteiger partial charge in [0.2, 0.25) is 0 Å². The lowest BCUT2D eigenvalue weighted by Crippen LogP contribution is -2.26. The van der Waals surface area contributed by atoms with Gasteiger partial charge in [0, 0.05) is 18.7 Å². The van der Waals surface area contributed by atoms with Crippen LogP contribution in [-0.2, 0) is 16.1 Å². The first-order chi connectivity index (χ1) is 8.17. The zero-order chi connectivity index (χ0) is 12.7. The van der Waals surface area contributed by atoms with Gasteiger partial charge in [-0.3, -0.25) is 9.59 Å². The number of hydrogen-bond donors (Lipinski definition) is 2. The molecule has 5 heteroatoms. The molecule has 1 aromatic carbocycles. The van der Waals surface area contributed by atoms with Gasteiger partial charge in [-0.15, -0.1) is 0 Å². The molecule has 0 fully saturated rings. The molecular formula is C12H16N2O3. The minimum atomic E-state index is -0.346. The number of ether oxygens (including phenoxy) is 1. The third-order valence-electron chi connectivity index (χ3n) is 2.27. The molecule has 1 amide bonds. The normalized spacial score (nSPS) is 9.76. The van der Waals surface area contributed by atoms with Crippen LogP contribution in [0.5, 0.6) is 0 Å². The van der Waals surface area contributed by atoms with E-state index in [-0.39, 0.29) is 24.8 Å². The van der Waals surface area contributed by atoms with Gasteiger partial charge in [0.1, 0.15) is 0 Å². The van der Waals surface area contributed by atoms with E-state index in [9.17, 15) is 9.59 Å². The number of carbonyl (C=O) groups excluding carboxylic acids is 2. The van der Waals surface area contributed by atoms with E-state index in [1.807, 2.05) is 6.07 Å². The fourth-order valence-electron chi connectivity index (χ4n) is 1.32. The van der Waals surface area contributed by atoms with Crippen LogP contribution in [0.25, 0.3) is 0 Å². The first kappa shape index (κ1) is 13.2. The number of methoxy groups -OCH3 is 1. The summed E-state index contributed by atoms with van der Waals surface area (Å²) in [7, 11) is 1.31. The molecule has 0 radical (unpaired) electrons. The molecule has 92 valence electrons. The van der Waals surface area contributed by atoms with E-state index >= 15 is 0 Å². The summed E-state index contributed by atoms with van der Waals surface area (Å²) >= 11 is 0. The SMILES string of the molecule is COC(=O)CCNC(=O)c1cccc(CN)c1. The monoisotopic (exact) mass is 236 g/mol. The quantitative estimate of drug-likeness (QED) is 0.727. The van der Waals surface area contributed by atoms with Crippen LogP contribution in [0.1, 0.15) is 22.3 Å². The number of rotatable bonds is 5. The summed E-state index contributed by atoms with van der Waals surface area (Å²) in [6, 6.07) is 7.06. The Morgan fingerprint density at radius 2 is 2.18 bits per heavy atom. The van der Waals surface area contributed by atoms with Crippen molar-refractivity contribution in [1.29, 1.82) is 0 Å². The Balaban J connectivity index is 2.49. The minimum Gasteiger partial charge on any atom is -0.469 e. The van der Waals surface area contributed by atoms with E-state index in [4.69, 9.17) is 5.73 Å². The molecule has 1 rings (SSSR count). The van der Waals surface area contributed by atoms with Crippen LogP contribution in [0.4, 0.5) is 0 Å². The molecule has 1 aromatic rings. The van der Waals surface area contributed by atoms with Crippen molar-refractivity contribution in [3.63, 3.8) is 0 Å². The van der Waals surface area contributed by atoms with Crippen molar-refractivity contribution >= 4 is 11.9 Å². The fourth-order valence-corrected chi connectivity index (χ4v) is 1.32. The Morgan fingerprint density at radius 3 is 2.82 bits per heavy atom. The topological polar surface area (TPSA) is 81.4 Å². The highest BCUT2D eigenvalue weighted by Crippen LogP contribution is 2.04. The standard InChI is InChI=1S/C12H16N2O3/c1-17-11(15)5-6-14-12(16)10-4-2-3-9(7-10)8-13/h2-4,7H,5-6,8,13H2,1H3,(H,14,16). The number of hydrogen-bond acceptors (Lipinski definition) is 4. The predicted octanol–water partition coefficient (Wildman–Crippen LogP) is 0.438. The number of esters is 1. The van der Waals surface area contributed by atoms with Crippen LogP contribution in [0.2, 0.25) is 0 Å². The Bertz CT molecular complexity index is 404. The number of nitrogens with two attached hydrogens (primary N) is 1. The van der Waals surface area contributed by atoms with Crippen molar-refractivity contribution in [1.82, 2.24) is 5.32 Å². The van der Waals surface area contributed by atoms with E-state index in [2.05, 4.69) is 10.1 Å². The molecular weight excluding hydrogens is 220 g/mol. The van der Waals surface area contributed by atoms with E-state index < -0.39 is 0 Å². The summed E-state index contributed by atoms with van der Waals surface area (Å²) in [4.78, 5) is 22.5. The van der Waals surface area contributed by atoms with Gasteiger partial charge in [-0.1, -0.05) is 12.1 Å². The second-order valence-electron chi connectivity index (χ2n) is 3.49. The van der Waals surface area contributed by atoms with E-state index in [0.29, 0.717) is 12.1 Å². The summed E-state index contributed by atoms with van der Waals surface area (Å²) in [6.07, 6.45) is 0.165. The van der Waals surface area contributed by atoms with Gasteiger partial charge in [0.05, 0.1) is 13.5 Å². The van der Waals surface area contributed by atoms with E-state index in [1.54, 1.807) is 18.2 Å². The first-order valence-corrected chi connectivity index (χ1v) is 5.31. The van der Waals surface area contributed by atoms with Gasteiger partial charge < -0.3 is 15.8 Å². The maximum absolute atomic E-state index is 11.7. The summed E-state index contributed by atoms with van der Waals surface area (Å²) in [5.74, 6) is -0.565. The first-order valence-electron chi connectivity index (χ1n) is 5.31. The van der Waals surface area contributed by atoms with Crippen LogP contribution in [0.15, 0.2) is 24.3 Å². The number of carbonyl (C=O) groups is 2. The van der Waals surface area contributed by atoms with Crippen LogP contribution in [-0.4, -0.2) is 25.5 Å². The molecule has 0 aliphatic rings. The molecule has 0 aromatic heterocycles. The molecule has 0 heterocycles. The third-order valence-corrected chi connectivity index (χ3v) is 2.27. The van der Waals surface area contributed by atoms with Gasteiger partial charge >= 0.3 is 5.97 Å². The summed E-state index contributed by atoms with van der Waals surface area (Å²) in [5.41, 5.74) is 6.92. The Hall–Kier alpha value is -1.88. The molecule has 17 heavy (non-hydrogen) atoms. The second kappa shape index (κ2) is 6.65. The zero-order valence-corrected chi connectivity index (χ0v) is 9.73. The van der Waals surface area contributed by atoms with Crippen molar-refractivity contribution in [2.45, 2.75) is 13.0 Å². The Morgan fingerprint density at radius 1 is 1.41 bits per heavy atom. The van der Waals surface area contributed by atoms with E-state index in [1.165, 1.54) is 7.11 Å². The lowest BCUT2D eigenvalue weighted by Gasteiger charge is -2.05. The smallest absolute Gasteiger partial charge is 0.307 e. The lowest BCUT2D eigenvalue weighted by atomic mass is 10.1. The largest absolute Gasteiger partial charge is 0.469 e. The minimum absolute atomic E-state index is 0.165. The van der Waals surface area contributed by atoms with E-state index in [0.717, 1.165) is 5.56 Å². The maximum Gasteiger partial charge on any atom is 0.307 e.